The molecule has 0 unspecified atom stereocenters. The van der Waals surface area contributed by atoms with Gasteiger partial charge in [-0.2, -0.15) is 4.91 Å². The van der Waals surface area contributed by atoms with Crippen molar-refractivity contribution in [1.29, 1.82) is 0 Å². The smallest absolute Gasteiger partial charge is 0.107 e. The fourth-order valence-electron chi connectivity index (χ4n) is 2.35. The fourth-order valence-corrected chi connectivity index (χ4v) is 2.35. The molecular formula is C12H12N4O. The number of nitroso groups, excluding NO2 is 1. The average molecular weight is 228 g/mol. The average Bonchev–Trinajstić information content (AvgIpc) is 2.95. The molecule has 1 aliphatic carbocycles. The third-order valence-corrected chi connectivity index (χ3v) is 3.19. The number of hydrogen-bond acceptors (Lipinski definition) is 4. The largest absolute Gasteiger partial charge is 0.323 e. The molecule has 0 aromatic carbocycles. The Morgan fingerprint density at radius 2 is 2.47 bits per heavy atom. The topological polar surface area (TPSA) is 60.1 Å². The van der Waals surface area contributed by atoms with Gasteiger partial charge in [-0.15, -0.1) is 0 Å². The van der Waals surface area contributed by atoms with Crippen LogP contribution in [0.1, 0.15) is 18.9 Å². The van der Waals surface area contributed by atoms with Crippen molar-refractivity contribution in [2.45, 2.75) is 18.9 Å². The van der Waals surface area contributed by atoms with E-state index in [0.29, 0.717) is 12.6 Å². The van der Waals surface area contributed by atoms with E-state index >= 15 is 0 Å². The minimum absolute atomic E-state index is 0.291. The van der Waals surface area contributed by atoms with Crippen LogP contribution in [0, 0.1) is 4.91 Å². The second-order valence-corrected chi connectivity index (χ2v) is 4.23. The summed E-state index contributed by atoms with van der Waals surface area (Å²) in [6.07, 6.45) is 9.46. The molecule has 2 aromatic rings. The Hall–Kier alpha value is -2.04. The summed E-state index contributed by atoms with van der Waals surface area (Å²) in [6.45, 7) is 0.310. The van der Waals surface area contributed by atoms with Crippen LogP contribution in [0.15, 0.2) is 41.6 Å². The molecule has 2 aromatic heterocycles. The number of aromatic nitrogens is 3. The Morgan fingerprint density at radius 3 is 3.35 bits per heavy atom. The van der Waals surface area contributed by atoms with Gasteiger partial charge < -0.3 is 4.57 Å². The minimum atomic E-state index is 0.291. The molecule has 0 aliphatic heterocycles. The maximum absolute atomic E-state index is 10.2. The molecule has 0 spiro atoms. The number of nitrogens with zero attached hydrogens (tertiary/aromatic N) is 4. The van der Waals surface area contributed by atoms with Crippen molar-refractivity contribution < 1.29 is 0 Å². The third-order valence-electron chi connectivity index (χ3n) is 3.19. The summed E-state index contributed by atoms with van der Waals surface area (Å²) in [5, 5.41) is 2.94. The van der Waals surface area contributed by atoms with Crippen LogP contribution in [-0.2, 0) is 0 Å². The van der Waals surface area contributed by atoms with Gasteiger partial charge in [-0.3, -0.25) is 4.98 Å². The Morgan fingerprint density at radius 1 is 1.53 bits per heavy atom. The van der Waals surface area contributed by atoms with Crippen molar-refractivity contribution >= 4 is 11.0 Å². The van der Waals surface area contributed by atoms with Crippen LogP contribution in [0.2, 0.25) is 0 Å². The number of pyridine rings is 1. The molecule has 0 bridgehead atoms. The van der Waals surface area contributed by atoms with E-state index in [1.54, 1.807) is 12.4 Å². The van der Waals surface area contributed by atoms with E-state index < -0.39 is 0 Å². The summed E-state index contributed by atoms with van der Waals surface area (Å²) >= 11 is 0. The molecule has 1 aliphatic rings. The number of hydrogen-bond donors (Lipinski definition) is 0. The zero-order valence-corrected chi connectivity index (χ0v) is 9.28. The van der Waals surface area contributed by atoms with E-state index in [1.807, 2.05) is 12.4 Å². The van der Waals surface area contributed by atoms with Crippen LogP contribution < -0.4 is 0 Å². The molecule has 3 rings (SSSR count). The third kappa shape index (κ3) is 1.73. The Kier molecular flexibility index (Phi) is 2.44. The van der Waals surface area contributed by atoms with Gasteiger partial charge in [-0.1, -0.05) is 11.3 Å². The van der Waals surface area contributed by atoms with Gasteiger partial charge >= 0.3 is 0 Å². The van der Waals surface area contributed by atoms with Crippen LogP contribution in [0.25, 0.3) is 11.0 Å². The SMILES string of the molecule is O=NCC1=C[C@@H](n2cnc3cnccc32)CC1. The predicted molar refractivity (Wildman–Crippen MR) is 64.5 cm³/mol. The van der Waals surface area contributed by atoms with E-state index in [-0.39, 0.29) is 0 Å². The first-order valence-electron chi connectivity index (χ1n) is 5.64. The van der Waals surface area contributed by atoms with Crippen LogP contribution >= 0.6 is 0 Å². The molecular weight excluding hydrogens is 216 g/mol. The molecule has 17 heavy (non-hydrogen) atoms. The van der Waals surface area contributed by atoms with Crippen molar-refractivity contribution in [3.63, 3.8) is 0 Å². The van der Waals surface area contributed by atoms with Crippen molar-refractivity contribution in [2.24, 2.45) is 5.18 Å². The standard InChI is InChI=1S/C12H12N4O/c17-15-6-9-1-2-10(5-9)16-8-14-11-7-13-4-3-12(11)16/h3-5,7-8,10H,1-2,6H2/t10-/m0/s1. The highest BCUT2D eigenvalue weighted by molar-refractivity contribution is 5.74. The molecule has 0 saturated carbocycles. The van der Waals surface area contributed by atoms with E-state index in [4.69, 9.17) is 0 Å². The Bertz CT molecular complexity index is 587. The van der Waals surface area contributed by atoms with Gasteiger partial charge in [-0.05, 0) is 24.5 Å². The fraction of sp³-hybridized carbons (Fsp3) is 0.333. The summed E-state index contributed by atoms with van der Waals surface area (Å²) in [4.78, 5) is 18.6. The number of rotatable bonds is 3. The molecule has 0 radical (unpaired) electrons. The van der Waals surface area contributed by atoms with Crippen molar-refractivity contribution in [2.75, 3.05) is 6.54 Å². The summed E-state index contributed by atoms with van der Waals surface area (Å²) in [5.74, 6) is 0. The number of imidazole rings is 1. The van der Waals surface area contributed by atoms with Gasteiger partial charge in [0.2, 0.25) is 0 Å². The lowest BCUT2D eigenvalue weighted by molar-refractivity contribution is 0.604. The Labute approximate surface area is 98.2 Å². The molecule has 1 atom stereocenters. The highest BCUT2D eigenvalue weighted by Crippen LogP contribution is 2.30. The molecule has 0 saturated heterocycles. The first-order valence-corrected chi connectivity index (χ1v) is 5.64. The van der Waals surface area contributed by atoms with Crippen LogP contribution in [0.4, 0.5) is 0 Å². The summed E-state index contributed by atoms with van der Waals surface area (Å²) in [6, 6.07) is 2.26. The lowest BCUT2D eigenvalue weighted by Crippen LogP contribution is -2.01. The molecule has 86 valence electrons. The van der Waals surface area contributed by atoms with E-state index in [0.717, 1.165) is 29.4 Å². The van der Waals surface area contributed by atoms with Gasteiger partial charge in [0.15, 0.2) is 0 Å². The number of fused-ring (bicyclic) bond motifs is 1. The summed E-state index contributed by atoms with van der Waals surface area (Å²) in [5.41, 5.74) is 3.12. The lowest BCUT2D eigenvalue weighted by Gasteiger charge is -2.09. The van der Waals surface area contributed by atoms with Gasteiger partial charge in [0.1, 0.15) is 12.1 Å². The normalized spacial score (nSPS) is 19.5. The van der Waals surface area contributed by atoms with Gasteiger partial charge in [0.05, 0.1) is 24.1 Å². The first-order chi connectivity index (χ1) is 8.38. The van der Waals surface area contributed by atoms with E-state index in [2.05, 4.69) is 25.8 Å². The van der Waals surface area contributed by atoms with Crippen LogP contribution in [-0.4, -0.2) is 21.1 Å². The molecule has 0 N–H and O–H groups in total. The monoisotopic (exact) mass is 228 g/mol. The molecule has 0 amide bonds. The van der Waals surface area contributed by atoms with Crippen molar-refractivity contribution in [3.05, 3.63) is 41.3 Å². The molecule has 5 heteroatoms. The second-order valence-electron chi connectivity index (χ2n) is 4.23. The minimum Gasteiger partial charge on any atom is -0.323 e. The van der Waals surface area contributed by atoms with Crippen LogP contribution in [0.5, 0.6) is 0 Å². The lowest BCUT2D eigenvalue weighted by atomic mass is 10.2. The first kappa shape index (κ1) is 10.1. The van der Waals surface area contributed by atoms with E-state index in [1.165, 1.54) is 0 Å². The van der Waals surface area contributed by atoms with Crippen molar-refractivity contribution in [3.8, 4) is 0 Å². The van der Waals surface area contributed by atoms with E-state index in [9.17, 15) is 4.91 Å². The highest BCUT2D eigenvalue weighted by atomic mass is 16.3. The second kappa shape index (κ2) is 4.08. The summed E-state index contributed by atoms with van der Waals surface area (Å²) in [7, 11) is 0. The maximum atomic E-state index is 10.2. The summed E-state index contributed by atoms with van der Waals surface area (Å²) < 4.78 is 2.13. The highest BCUT2D eigenvalue weighted by Gasteiger charge is 2.18. The quantitative estimate of drug-likeness (QED) is 0.598. The molecule has 2 heterocycles. The zero-order valence-electron chi connectivity index (χ0n) is 9.28. The predicted octanol–water partition coefficient (Wildman–Crippen LogP) is 2.46. The van der Waals surface area contributed by atoms with Gasteiger partial charge in [-0.25, -0.2) is 4.98 Å². The van der Waals surface area contributed by atoms with Gasteiger partial charge in [0, 0.05) is 6.20 Å². The van der Waals surface area contributed by atoms with Gasteiger partial charge in [0.25, 0.3) is 0 Å². The van der Waals surface area contributed by atoms with Crippen LogP contribution in [0.3, 0.4) is 0 Å². The Balaban J connectivity index is 1.97. The maximum Gasteiger partial charge on any atom is 0.107 e. The molecule has 0 fully saturated rings. The number of allylic oxidation sites excluding steroid dienone is 1. The zero-order chi connectivity index (χ0) is 11.7. The molecule has 5 nitrogen and oxygen atoms in total. The van der Waals surface area contributed by atoms with Crippen molar-refractivity contribution in [1.82, 2.24) is 14.5 Å².